The Kier molecular flexibility index (Phi) is 3.98. The topological polar surface area (TPSA) is 15.3 Å². The number of nitrogens with zero attached hydrogens (tertiary/aromatic N) is 1. The van der Waals surface area contributed by atoms with Gasteiger partial charge in [-0.05, 0) is 18.8 Å². The van der Waals surface area contributed by atoms with Gasteiger partial charge in [-0.1, -0.05) is 6.42 Å². The van der Waals surface area contributed by atoms with Crippen molar-refractivity contribution in [3.8, 4) is 0 Å². The first-order valence-corrected chi connectivity index (χ1v) is 7.26. The fraction of sp³-hybridized carbons (Fsp3) is 0.600. The summed E-state index contributed by atoms with van der Waals surface area (Å²) in [7, 11) is 0. The lowest BCUT2D eigenvalue weighted by Gasteiger charge is -2.43. The van der Waals surface area contributed by atoms with Crippen LogP contribution in [0.1, 0.15) is 30.9 Å². The van der Waals surface area contributed by atoms with Crippen LogP contribution in [0.5, 0.6) is 0 Å². The summed E-state index contributed by atoms with van der Waals surface area (Å²) in [5, 5.41) is 3.25. The van der Waals surface area contributed by atoms with E-state index in [1.54, 1.807) is 0 Å². The minimum atomic E-state index is -0.851. The van der Waals surface area contributed by atoms with Crippen molar-refractivity contribution in [3.63, 3.8) is 0 Å². The smallest absolute Gasteiger partial charge is 0.133 e. The molecular formula is C15H19F3N2. The van der Waals surface area contributed by atoms with E-state index in [1.165, 1.54) is 0 Å². The lowest BCUT2D eigenvalue weighted by molar-refractivity contribution is 0.0783. The summed E-state index contributed by atoms with van der Waals surface area (Å²) in [4.78, 5) is 2.14. The molecule has 1 aromatic carbocycles. The Morgan fingerprint density at radius 3 is 2.15 bits per heavy atom. The van der Waals surface area contributed by atoms with Crippen molar-refractivity contribution in [1.82, 2.24) is 10.2 Å². The largest absolute Gasteiger partial charge is 0.314 e. The molecule has 3 rings (SSSR count). The Morgan fingerprint density at radius 2 is 1.65 bits per heavy atom. The van der Waals surface area contributed by atoms with E-state index in [9.17, 15) is 13.2 Å². The number of hydrogen-bond acceptors (Lipinski definition) is 2. The van der Waals surface area contributed by atoms with Gasteiger partial charge in [0.05, 0.1) is 0 Å². The monoisotopic (exact) mass is 284 g/mol. The third-order valence-corrected chi connectivity index (χ3v) is 4.48. The van der Waals surface area contributed by atoms with Crippen LogP contribution in [0, 0.1) is 23.4 Å². The SMILES string of the molecule is Fc1cc(F)c([C@@H](C2CCC2)N2CCNCC2)c(F)c1. The van der Waals surface area contributed by atoms with Crippen molar-refractivity contribution in [2.45, 2.75) is 25.3 Å². The molecule has 1 N–H and O–H groups in total. The fourth-order valence-electron chi connectivity index (χ4n) is 3.27. The first-order chi connectivity index (χ1) is 9.66. The summed E-state index contributed by atoms with van der Waals surface area (Å²) >= 11 is 0. The van der Waals surface area contributed by atoms with E-state index in [1.807, 2.05) is 0 Å². The van der Waals surface area contributed by atoms with Crippen LogP contribution < -0.4 is 5.32 Å². The quantitative estimate of drug-likeness (QED) is 0.918. The molecule has 0 bridgehead atoms. The van der Waals surface area contributed by atoms with Gasteiger partial charge in [0.2, 0.25) is 0 Å². The minimum absolute atomic E-state index is 0.0537. The molecule has 0 amide bonds. The van der Waals surface area contributed by atoms with Crippen molar-refractivity contribution in [1.29, 1.82) is 0 Å². The van der Waals surface area contributed by atoms with Crippen LogP contribution in [0.3, 0.4) is 0 Å². The van der Waals surface area contributed by atoms with Gasteiger partial charge in [0, 0.05) is 49.9 Å². The standard InChI is InChI=1S/C15H19F3N2/c16-11-8-12(17)14(13(18)9-11)15(10-2-1-3-10)20-6-4-19-5-7-20/h8-10,15,19H,1-7H2/t15-/m1/s1. The Balaban J connectivity index is 1.96. The first kappa shape index (κ1) is 13.9. The van der Waals surface area contributed by atoms with Crippen LogP contribution in [0.25, 0.3) is 0 Å². The molecule has 1 aliphatic heterocycles. The molecule has 1 heterocycles. The van der Waals surface area contributed by atoms with Crippen LogP contribution in [0.4, 0.5) is 13.2 Å². The summed E-state index contributed by atoms with van der Waals surface area (Å²) in [5.41, 5.74) is 0.0537. The Hall–Kier alpha value is -1.07. The van der Waals surface area contributed by atoms with Gasteiger partial charge in [0.15, 0.2) is 0 Å². The zero-order valence-corrected chi connectivity index (χ0v) is 11.3. The number of piperazine rings is 1. The van der Waals surface area contributed by atoms with E-state index in [4.69, 9.17) is 0 Å². The third kappa shape index (κ3) is 2.56. The molecule has 1 saturated carbocycles. The Labute approximate surface area is 117 Å². The normalized spacial score (nSPS) is 22.6. The predicted molar refractivity (Wildman–Crippen MR) is 70.8 cm³/mol. The molecule has 110 valence electrons. The molecule has 0 radical (unpaired) electrons. The van der Waals surface area contributed by atoms with E-state index < -0.39 is 17.5 Å². The van der Waals surface area contributed by atoms with E-state index in [0.717, 1.165) is 57.6 Å². The lowest BCUT2D eigenvalue weighted by Crippen LogP contribution is -2.48. The second kappa shape index (κ2) is 5.74. The van der Waals surface area contributed by atoms with Gasteiger partial charge in [-0.15, -0.1) is 0 Å². The molecule has 1 saturated heterocycles. The average Bonchev–Trinajstić information content (AvgIpc) is 2.35. The summed E-state index contributed by atoms with van der Waals surface area (Å²) < 4.78 is 41.3. The minimum Gasteiger partial charge on any atom is -0.314 e. The number of hydrogen-bond donors (Lipinski definition) is 1. The van der Waals surface area contributed by atoms with E-state index in [-0.39, 0.29) is 17.5 Å². The maximum Gasteiger partial charge on any atom is 0.133 e. The van der Waals surface area contributed by atoms with Crippen LogP contribution in [0.2, 0.25) is 0 Å². The molecule has 2 aliphatic rings. The molecule has 0 spiro atoms. The van der Waals surface area contributed by atoms with Crippen molar-refractivity contribution in [2.24, 2.45) is 5.92 Å². The summed E-state index contributed by atoms with van der Waals surface area (Å²) in [6, 6.07) is 1.34. The van der Waals surface area contributed by atoms with Crippen LogP contribution >= 0.6 is 0 Å². The van der Waals surface area contributed by atoms with Gasteiger partial charge < -0.3 is 5.32 Å². The zero-order valence-electron chi connectivity index (χ0n) is 11.3. The van der Waals surface area contributed by atoms with E-state index in [0.29, 0.717) is 0 Å². The van der Waals surface area contributed by atoms with E-state index >= 15 is 0 Å². The average molecular weight is 284 g/mol. The molecule has 1 aliphatic carbocycles. The van der Waals surface area contributed by atoms with E-state index in [2.05, 4.69) is 10.2 Å². The van der Waals surface area contributed by atoms with Gasteiger partial charge in [-0.3, -0.25) is 4.90 Å². The molecule has 5 heteroatoms. The highest BCUT2D eigenvalue weighted by atomic mass is 19.1. The van der Waals surface area contributed by atoms with Gasteiger partial charge in [0.1, 0.15) is 17.5 Å². The Bertz CT molecular complexity index is 459. The molecule has 1 atom stereocenters. The van der Waals surface area contributed by atoms with Gasteiger partial charge >= 0.3 is 0 Å². The fourth-order valence-corrected chi connectivity index (χ4v) is 3.27. The first-order valence-electron chi connectivity index (χ1n) is 7.26. The summed E-state index contributed by atoms with van der Waals surface area (Å²) in [6.45, 7) is 3.20. The highest BCUT2D eigenvalue weighted by molar-refractivity contribution is 5.26. The summed E-state index contributed by atoms with van der Waals surface area (Å²) in [6.07, 6.45) is 3.09. The molecule has 2 nitrogen and oxygen atoms in total. The maximum absolute atomic E-state index is 14.1. The van der Waals surface area contributed by atoms with Crippen molar-refractivity contribution in [2.75, 3.05) is 26.2 Å². The molecular weight excluding hydrogens is 265 g/mol. The second-order valence-electron chi connectivity index (χ2n) is 5.70. The predicted octanol–water partition coefficient (Wildman–Crippen LogP) is 2.85. The van der Waals surface area contributed by atoms with Crippen LogP contribution in [0.15, 0.2) is 12.1 Å². The van der Waals surface area contributed by atoms with Gasteiger partial charge in [-0.2, -0.15) is 0 Å². The number of nitrogens with one attached hydrogen (secondary N) is 1. The molecule has 2 fully saturated rings. The third-order valence-electron chi connectivity index (χ3n) is 4.48. The van der Waals surface area contributed by atoms with Gasteiger partial charge in [0.25, 0.3) is 0 Å². The van der Waals surface area contributed by atoms with Crippen molar-refractivity contribution < 1.29 is 13.2 Å². The number of benzene rings is 1. The Morgan fingerprint density at radius 1 is 1.05 bits per heavy atom. The maximum atomic E-state index is 14.1. The highest BCUT2D eigenvalue weighted by Gasteiger charge is 2.37. The van der Waals surface area contributed by atoms with Crippen LogP contribution in [-0.4, -0.2) is 31.1 Å². The van der Waals surface area contributed by atoms with Crippen molar-refractivity contribution >= 4 is 0 Å². The second-order valence-corrected chi connectivity index (χ2v) is 5.70. The lowest BCUT2D eigenvalue weighted by atomic mass is 9.76. The molecule has 0 unspecified atom stereocenters. The zero-order chi connectivity index (χ0) is 14.1. The number of rotatable bonds is 3. The summed E-state index contributed by atoms with van der Waals surface area (Å²) in [5.74, 6) is -2.07. The molecule has 1 aromatic rings. The van der Waals surface area contributed by atoms with Crippen LogP contribution in [-0.2, 0) is 0 Å². The van der Waals surface area contributed by atoms with Crippen molar-refractivity contribution in [3.05, 3.63) is 35.1 Å². The molecule has 0 aromatic heterocycles. The van der Waals surface area contributed by atoms with Gasteiger partial charge in [-0.25, -0.2) is 13.2 Å². The number of halogens is 3. The molecule has 20 heavy (non-hydrogen) atoms. The highest BCUT2D eigenvalue weighted by Crippen LogP contribution is 2.43.